The second-order valence-electron chi connectivity index (χ2n) is 5.67. The molecule has 0 aliphatic heterocycles. The molecule has 0 aliphatic carbocycles. The minimum absolute atomic E-state index is 0.0230. The molecule has 0 saturated carbocycles. The van der Waals surface area contributed by atoms with Crippen LogP contribution in [0, 0.1) is 0 Å². The predicted molar refractivity (Wildman–Crippen MR) is 86.0 cm³/mol. The van der Waals surface area contributed by atoms with Gasteiger partial charge >= 0.3 is 12.2 Å². The maximum absolute atomic E-state index is 12.6. The van der Waals surface area contributed by atoms with Gasteiger partial charge in [-0.25, -0.2) is 4.79 Å². The van der Waals surface area contributed by atoms with Crippen molar-refractivity contribution in [2.24, 2.45) is 0 Å². The van der Waals surface area contributed by atoms with E-state index in [4.69, 9.17) is 0 Å². The summed E-state index contributed by atoms with van der Waals surface area (Å²) in [7, 11) is 0. The van der Waals surface area contributed by atoms with Crippen molar-refractivity contribution >= 4 is 17.6 Å². The van der Waals surface area contributed by atoms with E-state index in [0.717, 1.165) is 4.90 Å². The minimum Gasteiger partial charge on any atom is -0.336 e. The normalized spacial score (nSPS) is 11.3. The van der Waals surface area contributed by atoms with Crippen molar-refractivity contribution in [3.05, 3.63) is 29.8 Å². The molecule has 0 aliphatic rings. The van der Waals surface area contributed by atoms with Gasteiger partial charge in [0, 0.05) is 23.8 Å². The van der Waals surface area contributed by atoms with Gasteiger partial charge in [-0.3, -0.25) is 4.79 Å². The molecule has 134 valence electrons. The molecule has 1 aromatic carbocycles. The lowest BCUT2D eigenvalue weighted by Gasteiger charge is -2.23. The lowest BCUT2D eigenvalue weighted by Crippen LogP contribution is -2.39. The molecule has 0 bridgehead atoms. The number of amides is 3. The average molecular weight is 345 g/mol. The Balaban J connectivity index is 2.78. The van der Waals surface area contributed by atoms with Gasteiger partial charge in [-0.2, -0.15) is 13.2 Å². The average Bonchev–Trinajstić information content (AvgIpc) is 2.44. The number of halogens is 3. The first-order valence-corrected chi connectivity index (χ1v) is 7.66. The van der Waals surface area contributed by atoms with Gasteiger partial charge in [0.2, 0.25) is 0 Å². The molecule has 3 amide bonds. The molecule has 2 N–H and O–H groups in total. The van der Waals surface area contributed by atoms with Crippen molar-refractivity contribution < 1.29 is 22.8 Å². The van der Waals surface area contributed by atoms with Crippen LogP contribution in [0.2, 0.25) is 0 Å². The number of nitrogens with one attached hydrogen (secondary N) is 2. The highest BCUT2D eigenvalue weighted by Crippen LogP contribution is 2.19. The highest BCUT2D eigenvalue weighted by Gasteiger charge is 2.32. The Morgan fingerprint density at radius 3 is 2.21 bits per heavy atom. The van der Waals surface area contributed by atoms with Crippen LogP contribution < -0.4 is 10.6 Å². The third-order valence-corrected chi connectivity index (χ3v) is 2.96. The molecule has 0 aromatic heterocycles. The second kappa shape index (κ2) is 8.56. The molecule has 0 radical (unpaired) electrons. The summed E-state index contributed by atoms with van der Waals surface area (Å²) in [6.45, 7) is 4.07. The van der Waals surface area contributed by atoms with Gasteiger partial charge in [-0.15, -0.1) is 0 Å². The Hall–Kier alpha value is -2.25. The number of urea groups is 1. The summed E-state index contributed by atoms with van der Waals surface area (Å²) in [5.41, 5.74) is 0.588. The number of carbonyl (C=O) groups excluding carboxylic acids is 2. The number of nitrogens with zero attached hydrogens (tertiary/aromatic N) is 1. The Morgan fingerprint density at radius 2 is 1.75 bits per heavy atom. The molecule has 0 saturated heterocycles. The van der Waals surface area contributed by atoms with Crippen molar-refractivity contribution in [3.8, 4) is 0 Å². The SMILES string of the molecule is CCCN(CC(F)(F)F)C(=O)c1ccc(NC(=O)NC(C)C)cc1. The number of benzene rings is 1. The fourth-order valence-electron chi connectivity index (χ4n) is 2.05. The summed E-state index contributed by atoms with van der Waals surface area (Å²) in [5.74, 6) is -0.688. The Labute approximate surface area is 139 Å². The van der Waals surface area contributed by atoms with E-state index in [-0.39, 0.29) is 18.2 Å². The molecule has 8 heteroatoms. The monoisotopic (exact) mass is 345 g/mol. The molecule has 1 rings (SSSR count). The Morgan fingerprint density at radius 1 is 1.17 bits per heavy atom. The minimum atomic E-state index is -4.44. The molecular formula is C16H22F3N3O2. The van der Waals surface area contributed by atoms with E-state index in [1.54, 1.807) is 6.92 Å². The molecular weight excluding hydrogens is 323 g/mol. The quantitative estimate of drug-likeness (QED) is 0.827. The Bertz CT molecular complexity index is 557. The number of alkyl halides is 3. The number of rotatable bonds is 6. The summed E-state index contributed by atoms with van der Waals surface area (Å²) < 4.78 is 37.7. The van der Waals surface area contributed by atoms with Crippen molar-refractivity contribution in [2.75, 3.05) is 18.4 Å². The van der Waals surface area contributed by atoms with E-state index < -0.39 is 24.7 Å². The molecule has 0 fully saturated rings. The van der Waals surface area contributed by atoms with Crippen LogP contribution in [0.3, 0.4) is 0 Å². The Kier molecular flexibility index (Phi) is 7.06. The second-order valence-corrected chi connectivity index (χ2v) is 5.67. The van der Waals surface area contributed by atoms with E-state index in [2.05, 4.69) is 10.6 Å². The van der Waals surface area contributed by atoms with Gasteiger partial charge in [-0.05, 0) is 44.5 Å². The van der Waals surface area contributed by atoms with Crippen molar-refractivity contribution in [3.63, 3.8) is 0 Å². The van der Waals surface area contributed by atoms with Gasteiger partial charge in [0.1, 0.15) is 6.54 Å². The number of hydrogen-bond acceptors (Lipinski definition) is 2. The van der Waals surface area contributed by atoms with Crippen LogP contribution in [0.25, 0.3) is 0 Å². The molecule has 0 spiro atoms. The summed E-state index contributed by atoms with van der Waals surface area (Å²) in [6.07, 6.45) is -4.02. The van der Waals surface area contributed by atoms with Crippen LogP contribution in [0.1, 0.15) is 37.6 Å². The first-order valence-electron chi connectivity index (χ1n) is 7.66. The standard InChI is InChI=1S/C16H22F3N3O2/c1-4-9-22(10-16(17,18)19)14(23)12-5-7-13(8-6-12)21-15(24)20-11(2)3/h5-8,11H,4,9-10H2,1-3H3,(H2,20,21,24). The van der Waals surface area contributed by atoms with E-state index >= 15 is 0 Å². The molecule has 0 atom stereocenters. The van der Waals surface area contributed by atoms with Gasteiger partial charge in [0.15, 0.2) is 0 Å². The lowest BCUT2D eigenvalue weighted by molar-refractivity contribution is -0.140. The molecule has 5 nitrogen and oxygen atoms in total. The van der Waals surface area contributed by atoms with Gasteiger partial charge in [0.05, 0.1) is 0 Å². The summed E-state index contributed by atoms with van der Waals surface area (Å²) in [4.78, 5) is 24.6. The maximum atomic E-state index is 12.6. The van der Waals surface area contributed by atoms with Gasteiger partial charge in [0.25, 0.3) is 5.91 Å². The highest BCUT2D eigenvalue weighted by atomic mass is 19.4. The third kappa shape index (κ3) is 6.89. The topological polar surface area (TPSA) is 61.4 Å². The van der Waals surface area contributed by atoms with E-state index in [0.29, 0.717) is 12.1 Å². The predicted octanol–water partition coefficient (Wildman–Crippen LogP) is 3.63. The smallest absolute Gasteiger partial charge is 0.336 e. The van der Waals surface area contributed by atoms with E-state index in [1.165, 1.54) is 24.3 Å². The zero-order valence-corrected chi connectivity index (χ0v) is 13.9. The van der Waals surface area contributed by atoms with E-state index in [9.17, 15) is 22.8 Å². The zero-order chi connectivity index (χ0) is 18.3. The summed E-state index contributed by atoms with van der Waals surface area (Å²) in [6, 6.07) is 5.32. The summed E-state index contributed by atoms with van der Waals surface area (Å²) in [5, 5.41) is 5.22. The van der Waals surface area contributed by atoms with Crippen LogP contribution in [0.15, 0.2) is 24.3 Å². The molecule has 0 heterocycles. The molecule has 24 heavy (non-hydrogen) atoms. The highest BCUT2D eigenvalue weighted by molar-refractivity contribution is 5.95. The number of hydrogen-bond donors (Lipinski definition) is 2. The first-order chi connectivity index (χ1) is 11.1. The first kappa shape index (κ1) is 19.8. The van der Waals surface area contributed by atoms with Crippen LogP contribution in [-0.2, 0) is 0 Å². The van der Waals surface area contributed by atoms with Gasteiger partial charge < -0.3 is 15.5 Å². The van der Waals surface area contributed by atoms with Crippen molar-refractivity contribution in [1.29, 1.82) is 0 Å². The fourth-order valence-corrected chi connectivity index (χ4v) is 2.05. The van der Waals surface area contributed by atoms with Crippen LogP contribution in [0.4, 0.5) is 23.7 Å². The van der Waals surface area contributed by atoms with E-state index in [1.807, 2.05) is 13.8 Å². The lowest BCUT2D eigenvalue weighted by atomic mass is 10.1. The maximum Gasteiger partial charge on any atom is 0.406 e. The van der Waals surface area contributed by atoms with Crippen molar-refractivity contribution in [1.82, 2.24) is 10.2 Å². The van der Waals surface area contributed by atoms with Gasteiger partial charge in [-0.1, -0.05) is 6.92 Å². The third-order valence-electron chi connectivity index (χ3n) is 2.96. The zero-order valence-electron chi connectivity index (χ0n) is 13.9. The summed E-state index contributed by atoms with van der Waals surface area (Å²) >= 11 is 0. The van der Waals surface area contributed by atoms with Crippen molar-refractivity contribution in [2.45, 2.75) is 39.4 Å². The fraction of sp³-hybridized carbons (Fsp3) is 0.500. The largest absolute Gasteiger partial charge is 0.406 e. The molecule has 0 unspecified atom stereocenters. The number of carbonyl (C=O) groups is 2. The van der Waals surface area contributed by atoms with Crippen LogP contribution in [-0.4, -0.2) is 42.1 Å². The number of anilines is 1. The van der Waals surface area contributed by atoms with Crippen LogP contribution >= 0.6 is 0 Å². The molecule has 1 aromatic rings. The van der Waals surface area contributed by atoms with Crippen LogP contribution in [0.5, 0.6) is 0 Å².